The van der Waals surface area contributed by atoms with Crippen LogP contribution in [-0.2, 0) is 21.1 Å². The molecule has 3 rings (SSSR count). The molecule has 29 heavy (non-hydrogen) atoms. The van der Waals surface area contributed by atoms with Crippen molar-refractivity contribution >= 4 is 33.0 Å². The topological polar surface area (TPSA) is 72.5 Å². The summed E-state index contributed by atoms with van der Waals surface area (Å²) in [6, 6.07) is 15.6. The third-order valence-corrected chi connectivity index (χ3v) is 6.11. The first kappa shape index (κ1) is 20.8. The van der Waals surface area contributed by atoms with Crippen LogP contribution >= 0.6 is 11.6 Å². The first-order valence-corrected chi connectivity index (χ1v) is 10.4. The zero-order chi connectivity index (χ0) is 21.0. The first-order chi connectivity index (χ1) is 13.8. The summed E-state index contributed by atoms with van der Waals surface area (Å²) in [7, 11) is -2.44. The van der Waals surface area contributed by atoms with Gasteiger partial charge in [-0.2, -0.15) is 0 Å². The molecule has 150 valence electrons. The standard InChI is InChI=1S/C21H17ClFNO4S/c1-28-18-11-17(24-21(25)10-14-2-6-16(23)7-3-14)12-20(13-18)29(26,27)19-8-4-15(22)5-9-19/h2-9,11-13H,10H2,1H3,(H,24,25). The van der Waals surface area contributed by atoms with Gasteiger partial charge in [-0.3, -0.25) is 4.79 Å². The number of sulfone groups is 1. The van der Waals surface area contributed by atoms with Gasteiger partial charge in [0.25, 0.3) is 0 Å². The van der Waals surface area contributed by atoms with E-state index in [0.29, 0.717) is 10.6 Å². The second-order valence-corrected chi connectivity index (χ2v) is 8.59. The number of nitrogens with one attached hydrogen (secondary N) is 1. The van der Waals surface area contributed by atoms with Gasteiger partial charge in [-0.1, -0.05) is 23.7 Å². The molecule has 0 aliphatic carbocycles. The molecule has 1 amide bonds. The molecule has 0 saturated carbocycles. The fourth-order valence-electron chi connectivity index (χ4n) is 2.66. The molecular weight excluding hydrogens is 417 g/mol. The zero-order valence-corrected chi connectivity index (χ0v) is 16.9. The number of anilines is 1. The number of hydrogen-bond acceptors (Lipinski definition) is 4. The molecule has 3 aromatic rings. The maximum atomic E-state index is 13.0. The van der Waals surface area contributed by atoms with E-state index >= 15 is 0 Å². The Balaban J connectivity index is 1.87. The molecule has 0 heterocycles. The lowest BCUT2D eigenvalue weighted by atomic mass is 10.1. The van der Waals surface area contributed by atoms with Crippen LogP contribution in [0.4, 0.5) is 10.1 Å². The molecule has 8 heteroatoms. The summed E-state index contributed by atoms with van der Waals surface area (Å²) in [6.07, 6.45) is 0.0107. The lowest BCUT2D eigenvalue weighted by Crippen LogP contribution is -2.15. The van der Waals surface area contributed by atoms with Gasteiger partial charge >= 0.3 is 0 Å². The minimum atomic E-state index is -3.84. The Kier molecular flexibility index (Phi) is 6.20. The van der Waals surface area contributed by atoms with Crippen LogP contribution in [0.3, 0.4) is 0 Å². The van der Waals surface area contributed by atoms with Gasteiger partial charge in [0.1, 0.15) is 11.6 Å². The minimum absolute atomic E-state index is 0.0107. The van der Waals surface area contributed by atoms with Gasteiger partial charge < -0.3 is 10.1 Å². The number of rotatable bonds is 6. The van der Waals surface area contributed by atoms with E-state index in [9.17, 15) is 17.6 Å². The van der Waals surface area contributed by atoms with Gasteiger partial charge in [0.15, 0.2) is 0 Å². The molecule has 0 unspecified atom stereocenters. The van der Waals surface area contributed by atoms with Crippen LogP contribution in [0.5, 0.6) is 5.75 Å². The molecule has 0 spiro atoms. The van der Waals surface area contributed by atoms with E-state index in [1.54, 1.807) is 0 Å². The number of benzene rings is 3. The minimum Gasteiger partial charge on any atom is -0.497 e. The van der Waals surface area contributed by atoms with Gasteiger partial charge in [0.2, 0.25) is 15.7 Å². The van der Waals surface area contributed by atoms with Gasteiger partial charge in [0.05, 0.1) is 23.3 Å². The Labute approximate surface area is 173 Å². The van der Waals surface area contributed by atoms with E-state index < -0.39 is 9.84 Å². The number of methoxy groups -OCH3 is 1. The average molecular weight is 434 g/mol. The second-order valence-electron chi connectivity index (χ2n) is 6.21. The quantitative estimate of drug-likeness (QED) is 0.621. The third-order valence-electron chi connectivity index (χ3n) is 4.11. The number of amides is 1. The predicted octanol–water partition coefficient (Wildman–Crippen LogP) is 4.50. The summed E-state index contributed by atoms with van der Waals surface area (Å²) in [5, 5.41) is 3.07. The van der Waals surface area contributed by atoms with Crippen molar-refractivity contribution in [2.75, 3.05) is 12.4 Å². The van der Waals surface area contributed by atoms with Gasteiger partial charge in [-0.25, -0.2) is 12.8 Å². The van der Waals surface area contributed by atoms with E-state index in [0.717, 1.165) is 0 Å². The SMILES string of the molecule is COc1cc(NC(=O)Cc2ccc(F)cc2)cc(S(=O)(=O)c2ccc(Cl)cc2)c1. The predicted molar refractivity (Wildman–Crippen MR) is 109 cm³/mol. The normalized spacial score (nSPS) is 11.1. The number of hydrogen-bond donors (Lipinski definition) is 1. The molecule has 0 fully saturated rings. The monoisotopic (exact) mass is 433 g/mol. The number of carbonyl (C=O) groups is 1. The third kappa shape index (κ3) is 5.13. The lowest BCUT2D eigenvalue weighted by Gasteiger charge is -2.11. The van der Waals surface area contributed by atoms with E-state index in [-0.39, 0.29) is 39.4 Å². The van der Waals surface area contributed by atoms with Crippen LogP contribution in [0.1, 0.15) is 5.56 Å². The molecule has 0 saturated heterocycles. The Morgan fingerprint density at radius 2 is 1.66 bits per heavy atom. The van der Waals surface area contributed by atoms with Crippen LogP contribution in [0.2, 0.25) is 5.02 Å². The Morgan fingerprint density at radius 1 is 1.00 bits per heavy atom. The highest BCUT2D eigenvalue weighted by atomic mass is 35.5. The van der Waals surface area contributed by atoms with Crippen molar-refractivity contribution in [1.29, 1.82) is 0 Å². The van der Waals surface area contributed by atoms with Crippen molar-refractivity contribution in [2.24, 2.45) is 0 Å². The summed E-state index contributed by atoms with van der Waals surface area (Å²) in [6.45, 7) is 0. The van der Waals surface area contributed by atoms with Crippen molar-refractivity contribution in [3.05, 3.63) is 83.1 Å². The Bertz CT molecular complexity index is 1130. The molecular formula is C21H17ClFNO4S. The van der Waals surface area contributed by atoms with E-state index in [4.69, 9.17) is 16.3 Å². The molecule has 0 radical (unpaired) electrons. The Hall–Kier alpha value is -2.90. The highest BCUT2D eigenvalue weighted by Crippen LogP contribution is 2.29. The molecule has 5 nitrogen and oxygen atoms in total. The molecule has 0 aliphatic heterocycles. The molecule has 0 atom stereocenters. The Morgan fingerprint density at radius 3 is 2.28 bits per heavy atom. The second kappa shape index (κ2) is 8.63. The van der Waals surface area contributed by atoms with Crippen LogP contribution in [0, 0.1) is 5.82 Å². The van der Waals surface area contributed by atoms with Crippen LogP contribution < -0.4 is 10.1 Å². The highest BCUT2D eigenvalue weighted by molar-refractivity contribution is 7.91. The molecule has 1 N–H and O–H groups in total. The van der Waals surface area contributed by atoms with Crippen molar-refractivity contribution in [3.8, 4) is 5.75 Å². The van der Waals surface area contributed by atoms with Crippen molar-refractivity contribution in [3.63, 3.8) is 0 Å². The van der Waals surface area contributed by atoms with Crippen molar-refractivity contribution in [2.45, 2.75) is 16.2 Å². The van der Waals surface area contributed by atoms with Crippen LogP contribution in [0.25, 0.3) is 0 Å². The summed E-state index contributed by atoms with van der Waals surface area (Å²) < 4.78 is 44.0. The summed E-state index contributed by atoms with van der Waals surface area (Å²) in [5.74, 6) is -0.490. The molecule has 3 aromatic carbocycles. The summed E-state index contributed by atoms with van der Waals surface area (Å²) in [5.41, 5.74) is 0.893. The van der Waals surface area contributed by atoms with Crippen LogP contribution in [0.15, 0.2) is 76.5 Å². The number of carbonyl (C=O) groups excluding carboxylic acids is 1. The summed E-state index contributed by atoms with van der Waals surface area (Å²) in [4.78, 5) is 12.4. The van der Waals surface area contributed by atoms with E-state index in [1.165, 1.54) is 73.8 Å². The zero-order valence-electron chi connectivity index (χ0n) is 15.4. The number of ether oxygens (including phenoxy) is 1. The van der Waals surface area contributed by atoms with Gasteiger partial charge in [0, 0.05) is 16.8 Å². The van der Waals surface area contributed by atoms with E-state index in [1.807, 2.05) is 0 Å². The van der Waals surface area contributed by atoms with E-state index in [2.05, 4.69) is 5.32 Å². The van der Waals surface area contributed by atoms with Crippen molar-refractivity contribution in [1.82, 2.24) is 0 Å². The van der Waals surface area contributed by atoms with Crippen LogP contribution in [-0.4, -0.2) is 21.4 Å². The van der Waals surface area contributed by atoms with Crippen molar-refractivity contribution < 1.29 is 22.3 Å². The molecule has 0 aromatic heterocycles. The molecule has 0 bridgehead atoms. The highest BCUT2D eigenvalue weighted by Gasteiger charge is 2.20. The summed E-state index contributed by atoms with van der Waals surface area (Å²) >= 11 is 5.83. The fraction of sp³-hybridized carbons (Fsp3) is 0.0952. The smallest absolute Gasteiger partial charge is 0.228 e. The average Bonchev–Trinajstić information content (AvgIpc) is 2.69. The van der Waals surface area contributed by atoms with Gasteiger partial charge in [-0.15, -0.1) is 0 Å². The van der Waals surface area contributed by atoms with Gasteiger partial charge in [-0.05, 0) is 54.1 Å². The molecule has 0 aliphatic rings. The maximum Gasteiger partial charge on any atom is 0.228 e. The largest absolute Gasteiger partial charge is 0.497 e. The number of halogens is 2. The lowest BCUT2D eigenvalue weighted by molar-refractivity contribution is -0.115. The first-order valence-electron chi connectivity index (χ1n) is 8.52. The maximum absolute atomic E-state index is 13.0. The fourth-order valence-corrected chi connectivity index (χ4v) is 4.11.